The Morgan fingerprint density at radius 2 is 2.38 bits per heavy atom. The molecule has 2 atom stereocenters. The molecule has 0 saturated carbocycles. The molecule has 5 heteroatoms. The largest absolute Gasteiger partial charge is 0.325 e. The molecule has 0 spiro atoms. The predicted molar refractivity (Wildman–Crippen MR) is 49.1 cm³/mol. The molecule has 2 saturated heterocycles. The highest BCUT2D eigenvalue weighted by Crippen LogP contribution is 2.47. The van der Waals surface area contributed by atoms with Crippen LogP contribution in [0, 0.1) is 0 Å². The molecular formula is C8H10N2O2S. The minimum absolute atomic E-state index is 0.0357. The number of aliphatic imine (C=N–C) groups is 1. The third kappa shape index (κ3) is 1.19. The summed E-state index contributed by atoms with van der Waals surface area (Å²) in [7, 11) is 0. The van der Waals surface area contributed by atoms with Gasteiger partial charge in [0, 0.05) is 11.3 Å². The van der Waals surface area contributed by atoms with Crippen LogP contribution in [-0.4, -0.2) is 39.6 Å². The molecule has 0 aromatic rings. The fourth-order valence-corrected chi connectivity index (χ4v) is 3.23. The average molecular weight is 198 g/mol. The summed E-state index contributed by atoms with van der Waals surface area (Å²) in [6.45, 7) is 4.93. The maximum atomic E-state index is 11.4. The number of hydrogen-bond acceptors (Lipinski definition) is 4. The van der Waals surface area contributed by atoms with Crippen molar-refractivity contribution in [3.8, 4) is 0 Å². The smallest absolute Gasteiger partial charge is 0.252 e. The fourth-order valence-electron chi connectivity index (χ4n) is 1.75. The standard InChI is InChI=1S/C8H10N2O2S/c1-8(2)3-10-6(12)5(9-4-11)7(10)13-8/h5,7H,3H2,1-2H3/t5?,7-/m1/s1. The Morgan fingerprint density at radius 1 is 1.69 bits per heavy atom. The summed E-state index contributed by atoms with van der Waals surface area (Å²) in [5, 5.41) is 0.0731. The van der Waals surface area contributed by atoms with E-state index in [0.717, 1.165) is 6.54 Å². The molecule has 2 aliphatic heterocycles. The number of fused-ring (bicyclic) bond motifs is 1. The number of carbonyl (C=O) groups excluding carboxylic acids is 2. The normalized spacial score (nSPS) is 34.9. The van der Waals surface area contributed by atoms with Crippen molar-refractivity contribution in [2.75, 3.05) is 6.54 Å². The van der Waals surface area contributed by atoms with E-state index in [0.29, 0.717) is 0 Å². The molecular weight excluding hydrogens is 188 g/mol. The van der Waals surface area contributed by atoms with E-state index in [4.69, 9.17) is 0 Å². The van der Waals surface area contributed by atoms with Crippen molar-refractivity contribution < 1.29 is 9.59 Å². The first-order valence-electron chi connectivity index (χ1n) is 4.10. The minimum Gasteiger partial charge on any atom is -0.325 e. The molecule has 1 unspecified atom stereocenters. The second kappa shape index (κ2) is 2.59. The van der Waals surface area contributed by atoms with Crippen molar-refractivity contribution >= 4 is 23.7 Å². The van der Waals surface area contributed by atoms with Crippen LogP contribution in [0.4, 0.5) is 0 Å². The van der Waals surface area contributed by atoms with Crippen molar-refractivity contribution in [2.45, 2.75) is 30.0 Å². The van der Waals surface area contributed by atoms with E-state index < -0.39 is 6.04 Å². The highest BCUT2D eigenvalue weighted by atomic mass is 32.2. The lowest BCUT2D eigenvalue weighted by Gasteiger charge is -2.37. The summed E-state index contributed by atoms with van der Waals surface area (Å²) >= 11 is 1.70. The summed E-state index contributed by atoms with van der Waals surface area (Å²) in [6, 6.07) is -0.468. The SMILES string of the molecule is CC1(C)CN2C(=O)C(N=C=O)[C@H]2S1. The van der Waals surface area contributed by atoms with Crippen LogP contribution in [-0.2, 0) is 9.59 Å². The maximum Gasteiger partial charge on any atom is 0.252 e. The number of amides is 1. The number of isocyanates is 1. The molecule has 4 nitrogen and oxygen atoms in total. The van der Waals surface area contributed by atoms with Crippen molar-refractivity contribution in [3.05, 3.63) is 0 Å². The predicted octanol–water partition coefficient (Wildman–Crippen LogP) is 0.384. The molecule has 2 heterocycles. The number of hydrogen-bond donors (Lipinski definition) is 0. The Kier molecular flexibility index (Phi) is 1.75. The molecule has 13 heavy (non-hydrogen) atoms. The van der Waals surface area contributed by atoms with E-state index in [-0.39, 0.29) is 16.0 Å². The molecule has 0 aliphatic carbocycles. The quantitative estimate of drug-likeness (QED) is 0.348. The lowest BCUT2D eigenvalue weighted by atomic mass is 10.1. The maximum absolute atomic E-state index is 11.4. The van der Waals surface area contributed by atoms with E-state index in [1.165, 1.54) is 6.08 Å². The van der Waals surface area contributed by atoms with Crippen molar-refractivity contribution in [1.29, 1.82) is 0 Å². The van der Waals surface area contributed by atoms with Crippen molar-refractivity contribution in [3.63, 3.8) is 0 Å². The van der Waals surface area contributed by atoms with Crippen LogP contribution in [0.3, 0.4) is 0 Å². The molecule has 2 rings (SSSR count). The number of β-lactam (4-membered cyclic amide) rings is 1. The van der Waals surface area contributed by atoms with E-state index >= 15 is 0 Å². The molecule has 70 valence electrons. The first kappa shape index (κ1) is 8.78. The average Bonchev–Trinajstić information content (AvgIpc) is 2.35. The van der Waals surface area contributed by atoms with Gasteiger partial charge in [-0.2, -0.15) is 4.99 Å². The van der Waals surface area contributed by atoms with Gasteiger partial charge in [-0.15, -0.1) is 11.8 Å². The van der Waals surface area contributed by atoms with Crippen LogP contribution in [0.1, 0.15) is 13.8 Å². The molecule has 0 N–H and O–H groups in total. The van der Waals surface area contributed by atoms with Gasteiger partial charge in [0.25, 0.3) is 5.91 Å². The number of rotatable bonds is 1. The van der Waals surface area contributed by atoms with Gasteiger partial charge in [0.2, 0.25) is 6.08 Å². The summed E-state index contributed by atoms with van der Waals surface area (Å²) in [6.07, 6.45) is 1.45. The molecule has 0 radical (unpaired) electrons. The highest BCUT2D eigenvalue weighted by Gasteiger charge is 2.56. The van der Waals surface area contributed by atoms with Gasteiger partial charge >= 0.3 is 0 Å². The molecule has 0 aromatic carbocycles. The number of thioether (sulfide) groups is 1. The summed E-state index contributed by atoms with van der Waals surface area (Å²) in [5.74, 6) is -0.0357. The first-order chi connectivity index (χ1) is 6.05. The number of carbonyl (C=O) groups is 1. The van der Waals surface area contributed by atoms with Gasteiger partial charge in [-0.05, 0) is 13.8 Å². The van der Waals surface area contributed by atoms with Crippen molar-refractivity contribution in [1.82, 2.24) is 4.90 Å². The minimum atomic E-state index is -0.468. The zero-order chi connectivity index (χ0) is 9.64. The monoisotopic (exact) mass is 198 g/mol. The fraction of sp³-hybridized carbons (Fsp3) is 0.750. The van der Waals surface area contributed by atoms with Crippen LogP contribution in [0.5, 0.6) is 0 Å². The first-order valence-corrected chi connectivity index (χ1v) is 4.98. The molecule has 0 aromatic heterocycles. The Bertz CT molecular complexity index is 309. The topological polar surface area (TPSA) is 49.7 Å². The summed E-state index contributed by atoms with van der Waals surface area (Å²) < 4.78 is 0.0908. The van der Waals surface area contributed by atoms with E-state index in [1.807, 2.05) is 0 Å². The Balaban J connectivity index is 2.17. The van der Waals surface area contributed by atoms with Crippen LogP contribution in [0.2, 0.25) is 0 Å². The third-order valence-electron chi connectivity index (χ3n) is 2.30. The van der Waals surface area contributed by atoms with Crippen molar-refractivity contribution in [2.24, 2.45) is 4.99 Å². The van der Waals surface area contributed by atoms with E-state index in [2.05, 4.69) is 18.8 Å². The zero-order valence-corrected chi connectivity index (χ0v) is 8.30. The Labute approximate surface area is 80.4 Å². The number of nitrogens with zero attached hydrogens (tertiary/aromatic N) is 2. The second-order valence-electron chi connectivity index (χ2n) is 3.90. The van der Waals surface area contributed by atoms with E-state index in [1.54, 1.807) is 16.7 Å². The molecule has 0 bridgehead atoms. The summed E-state index contributed by atoms with van der Waals surface area (Å²) in [5.41, 5.74) is 0. The van der Waals surface area contributed by atoms with Gasteiger partial charge < -0.3 is 4.90 Å². The van der Waals surface area contributed by atoms with Crippen LogP contribution < -0.4 is 0 Å². The van der Waals surface area contributed by atoms with E-state index in [9.17, 15) is 9.59 Å². The lowest BCUT2D eigenvalue weighted by molar-refractivity contribution is -0.143. The van der Waals surface area contributed by atoms with Crippen LogP contribution in [0.15, 0.2) is 4.99 Å². The van der Waals surface area contributed by atoms with Gasteiger partial charge in [0.05, 0.1) is 0 Å². The van der Waals surface area contributed by atoms with Gasteiger partial charge in [-0.1, -0.05) is 0 Å². The summed E-state index contributed by atoms with van der Waals surface area (Å²) in [4.78, 5) is 26.7. The molecule has 2 aliphatic rings. The van der Waals surface area contributed by atoms with Crippen LogP contribution in [0.25, 0.3) is 0 Å². The Morgan fingerprint density at radius 3 is 3.00 bits per heavy atom. The van der Waals surface area contributed by atoms with Gasteiger partial charge in [0.15, 0.2) is 6.04 Å². The highest BCUT2D eigenvalue weighted by molar-refractivity contribution is 8.01. The van der Waals surface area contributed by atoms with Crippen LogP contribution >= 0.6 is 11.8 Å². The Hall–Kier alpha value is -0.800. The molecule has 2 fully saturated rings. The van der Waals surface area contributed by atoms with Gasteiger partial charge in [-0.3, -0.25) is 4.79 Å². The van der Waals surface area contributed by atoms with Gasteiger partial charge in [-0.25, -0.2) is 4.79 Å². The lowest BCUT2D eigenvalue weighted by Crippen LogP contribution is -2.59. The van der Waals surface area contributed by atoms with Gasteiger partial charge in [0.1, 0.15) is 5.37 Å². The zero-order valence-electron chi connectivity index (χ0n) is 7.48. The second-order valence-corrected chi connectivity index (χ2v) is 5.72. The molecule has 1 amide bonds. The third-order valence-corrected chi connectivity index (χ3v) is 3.82.